The number of amides is 2. The summed E-state index contributed by atoms with van der Waals surface area (Å²) in [5.74, 6) is -0.185. The van der Waals surface area contributed by atoms with Crippen molar-refractivity contribution in [3.8, 4) is 0 Å². The molecule has 2 amide bonds. The van der Waals surface area contributed by atoms with Crippen molar-refractivity contribution in [2.45, 2.75) is 71.6 Å². The van der Waals surface area contributed by atoms with Gasteiger partial charge in [0.1, 0.15) is 5.60 Å². The Kier molecular flexibility index (Phi) is 9.39. The Balaban J connectivity index is 3.03. The minimum Gasteiger partial charge on any atom is -0.481 e. The van der Waals surface area contributed by atoms with Crippen LogP contribution in [0.15, 0.2) is 0 Å². The first-order valence-corrected chi connectivity index (χ1v) is 10.8. The lowest BCUT2D eigenvalue weighted by Gasteiger charge is -2.37. The van der Waals surface area contributed by atoms with Gasteiger partial charge in [-0.05, 0) is 46.0 Å². The number of likely N-dealkylation sites (tertiary alicyclic amines) is 1. The van der Waals surface area contributed by atoms with Crippen LogP contribution in [-0.4, -0.2) is 80.4 Å². The molecule has 1 heterocycles. The first kappa shape index (κ1) is 24.4. The SMILES string of the molecule is CC(C)CC(CSCC(=O)O)N(CC1CCCN1C(=O)O)C(=O)OC(C)(C)C. The minimum atomic E-state index is -0.979. The fourth-order valence-electron chi connectivity index (χ4n) is 3.31. The normalized spacial score (nSPS) is 18.2. The molecule has 0 saturated carbocycles. The molecule has 2 atom stereocenters. The lowest BCUT2D eigenvalue weighted by molar-refractivity contribution is -0.133. The Hall–Kier alpha value is -1.64. The first-order chi connectivity index (χ1) is 12.9. The van der Waals surface area contributed by atoms with Crippen LogP contribution < -0.4 is 0 Å². The zero-order chi connectivity index (χ0) is 21.5. The highest BCUT2D eigenvalue weighted by Crippen LogP contribution is 2.24. The summed E-state index contributed by atoms with van der Waals surface area (Å²) in [6, 6.07) is -0.500. The average molecular weight is 419 g/mol. The molecule has 0 aromatic rings. The number of carboxylic acids is 1. The second-order valence-corrected chi connectivity index (χ2v) is 9.63. The van der Waals surface area contributed by atoms with Gasteiger partial charge in [0.2, 0.25) is 0 Å². The van der Waals surface area contributed by atoms with Crippen molar-refractivity contribution in [3.63, 3.8) is 0 Å². The van der Waals surface area contributed by atoms with Gasteiger partial charge in [-0.1, -0.05) is 13.8 Å². The highest BCUT2D eigenvalue weighted by Gasteiger charge is 2.36. The van der Waals surface area contributed by atoms with Crippen LogP contribution in [-0.2, 0) is 9.53 Å². The number of hydrogen-bond donors (Lipinski definition) is 2. The van der Waals surface area contributed by atoms with Crippen LogP contribution in [0.25, 0.3) is 0 Å². The largest absolute Gasteiger partial charge is 0.481 e. The van der Waals surface area contributed by atoms with E-state index in [1.165, 1.54) is 16.7 Å². The molecular weight excluding hydrogens is 384 g/mol. The van der Waals surface area contributed by atoms with E-state index in [2.05, 4.69) is 0 Å². The van der Waals surface area contributed by atoms with Crippen molar-refractivity contribution in [1.29, 1.82) is 0 Å². The number of rotatable bonds is 9. The summed E-state index contributed by atoms with van der Waals surface area (Å²) in [4.78, 5) is 38.4. The van der Waals surface area contributed by atoms with E-state index in [9.17, 15) is 19.5 Å². The number of carbonyl (C=O) groups excluding carboxylic acids is 1. The van der Waals surface area contributed by atoms with Crippen LogP contribution >= 0.6 is 11.8 Å². The third kappa shape index (κ3) is 8.58. The number of hydrogen-bond acceptors (Lipinski definition) is 5. The molecular formula is C19H34N2O6S. The van der Waals surface area contributed by atoms with Crippen LogP contribution in [0.4, 0.5) is 9.59 Å². The molecule has 2 N–H and O–H groups in total. The predicted octanol–water partition coefficient (Wildman–Crippen LogP) is 3.60. The summed E-state index contributed by atoms with van der Waals surface area (Å²) in [7, 11) is 0. The molecule has 1 aliphatic heterocycles. The molecule has 0 radical (unpaired) electrons. The van der Waals surface area contributed by atoms with Crippen LogP contribution in [0, 0.1) is 5.92 Å². The fourth-order valence-corrected chi connectivity index (χ4v) is 4.19. The molecule has 9 heteroatoms. The number of ether oxygens (including phenoxy) is 1. The topological polar surface area (TPSA) is 107 Å². The number of thioether (sulfide) groups is 1. The monoisotopic (exact) mass is 418 g/mol. The van der Waals surface area contributed by atoms with E-state index < -0.39 is 23.8 Å². The van der Waals surface area contributed by atoms with E-state index in [1.807, 2.05) is 13.8 Å². The zero-order valence-electron chi connectivity index (χ0n) is 17.5. The smallest absolute Gasteiger partial charge is 0.410 e. The van der Waals surface area contributed by atoms with Gasteiger partial charge in [-0.25, -0.2) is 9.59 Å². The molecule has 1 fully saturated rings. The number of nitrogens with zero attached hydrogens (tertiary/aromatic N) is 2. The van der Waals surface area contributed by atoms with Crippen molar-refractivity contribution in [3.05, 3.63) is 0 Å². The third-order valence-electron chi connectivity index (χ3n) is 4.38. The van der Waals surface area contributed by atoms with Crippen molar-refractivity contribution in [2.24, 2.45) is 5.92 Å². The Bertz CT molecular complexity index is 549. The third-order valence-corrected chi connectivity index (χ3v) is 5.45. The summed E-state index contributed by atoms with van der Waals surface area (Å²) in [6.07, 6.45) is 0.689. The average Bonchev–Trinajstić information content (AvgIpc) is 2.97. The Morgan fingerprint density at radius 1 is 1.25 bits per heavy atom. The van der Waals surface area contributed by atoms with Gasteiger partial charge >= 0.3 is 18.2 Å². The summed E-state index contributed by atoms with van der Waals surface area (Å²) < 4.78 is 5.59. The molecule has 0 aromatic heterocycles. The molecule has 1 rings (SSSR count). The molecule has 28 heavy (non-hydrogen) atoms. The minimum absolute atomic E-state index is 0.0402. The van der Waals surface area contributed by atoms with Crippen LogP contribution in [0.2, 0.25) is 0 Å². The number of carboxylic acid groups (broad SMARTS) is 2. The van der Waals surface area contributed by atoms with Crippen molar-refractivity contribution >= 4 is 29.9 Å². The van der Waals surface area contributed by atoms with Crippen LogP contribution in [0.3, 0.4) is 0 Å². The van der Waals surface area contributed by atoms with E-state index >= 15 is 0 Å². The van der Waals surface area contributed by atoms with E-state index in [-0.39, 0.29) is 24.4 Å². The van der Waals surface area contributed by atoms with E-state index in [1.54, 1.807) is 25.7 Å². The van der Waals surface area contributed by atoms with E-state index in [0.29, 0.717) is 31.1 Å². The maximum Gasteiger partial charge on any atom is 0.410 e. The zero-order valence-corrected chi connectivity index (χ0v) is 18.3. The van der Waals surface area contributed by atoms with Crippen LogP contribution in [0.1, 0.15) is 53.9 Å². The van der Waals surface area contributed by atoms with E-state index in [0.717, 1.165) is 6.42 Å². The molecule has 162 valence electrons. The second kappa shape index (κ2) is 10.8. The Morgan fingerprint density at radius 3 is 2.39 bits per heavy atom. The molecule has 2 unspecified atom stereocenters. The van der Waals surface area contributed by atoms with Crippen molar-refractivity contribution in [1.82, 2.24) is 9.80 Å². The fraction of sp³-hybridized carbons (Fsp3) is 0.842. The maximum absolute atomic E-state index is 13.0. The summed E-state index contributed by atoms with van der Waals surface area (Å²) >= 11 is 1.26. The molecule has 8 nitrogen and oxygen atoms in total. The molecule has 0 aliphatic carbocycles. The number of carbonyl (C=O) groups is 3. The summed E-state index contributed by atoms with van der Waals surface area (Å²) in [5.41, 5.74) is -0.673. The quantitative estimate of drug-likeness (QED) is 0.589. The second-order valence-electron chi connectivity index (χ2n) is 8.60. The molecule has 0 aromatic carbocycles. The molecule has 0 bridgehead atoms. The lowest BCUT2D eigenvalue weighted by atomic mass is 10.0. The van der Waals surface area contributed by atoms with Crippen molar-refractivity contribution in [2.75, 3.05) is 24.6 Å². The molecule has 1 saturated heterocycles. The van der Waals surface area contributed by atoms with Gasteiger partial charge in [-0.2, -0.15) is 0 Å². The lowest BCUT2D eigenvalue weighted by Crippen LogP contribution is -2.51. The Morgan fingerprint density at radius 2 is 1.89 bits per heavy atom. The van der Waals surface area contributed by atoms with Gasteiger partial charge in [-0.15, -0.1) is 11.8 Å². The maximum atomic E-state index is 13.0. The summed E-state index contributed by atoms with van der Waals surface area (Å²) in [5, 5.41) is 18.4. The van der Waals surface area contributed by atoms with Gasteiger partial charge in [-0.3, -0.25) is 4.79 Å². The van der Waals surface area contributed by atoms with E-state index in [4.69, 9.17) is 9.84 Å². The highest BCUT2D eigenvalue weighted by atomic mass is 32.2. The van der Waals surface area contributed by atoms with Gasteiger partial charge in [0, 0.05) is 24.9 Å². The van der Waals surface area contributed by atoms with Gasteiger partial charge in [0.15, 0.2) is 0 Å². The Labute approximate surface area is 171 Å². The van der Waals surface area contributed by atoms with Crippen molar-refractivity contribution < 1.29 is 29.3 Å². The van der Waals surface area contributed by atoms with Gasteiger partial charge in [0.25, 0.3) is 0 Å². The molecule has 0 spiro atoms. The molecule has 1 aliphatic rings. The number of aliphatic carboxylic acids is 1. The predicted molar refractivity (Wildman–Crippen MR) is 109 cm³/mol. The summed E-state index contributed by atoms with van der Waals surface area (Å²) in [6.45, 7) is 10.2. The first-order valence-electron chi connectivity index (χ1n) is 9.69. The van der Waals surface area contributed by atoms with Gasteiger partial charge in [0.05, 0.1) is 11.8 Å². The highest BCUT2D eigenvalue weighted by molar-refractivity contribution is 7.99. The standard InChI is InChI=1S/C19H34N2O6S/c1-13(2)9-15(11-28-12-16(22)23)21(18(26)27-19(3,4)5)10-14-7-6-8-20(14)17(24)25/h13-15H,6-12H2,1-5H3,(H,22,23)(H,24,25). The van der Waals surface area contributed by atoms with Crippen LogP contribution in [0.5, 0.6) is 0 Å². The van der Waals surface area contributed by atoms with Gasteiger partial charge < -0.3 is 24.7 Å².